The molecule has 1 aromatic rings. The minimum Gasteiger partial charge on any atom is -0.399 e. The lowest BCUT2D eigenvalue weighted by atomic mass is 10.2. The fourth-order valence-electron chi connectivity index (χ4n) is 1.80. The molecule has 0 spiro atoms. The van der Waals surface area contributed by atoms with Gasteiger partial charge >= 0.3 is 0 Å². The van der Waals surface area contributed by atoms with Crippen molar-refractivity contribution in [2.75, 3.05) is 18.8 Å². The second kappa shape index (κ2) is 4.31. The summed E-state index contributed by atoms with van der Waals surface area (Å²) < 4.78 is 0. The molecule has 1 aromatic carbocycles. The SMILES string of the molecule is Nc1ccc(C(=O)N2CCC(O)C2)c(Cl)c1. The second-order valence-corrected chi connectivity index (χ2v) is 4.34. The van der Waals surface area contributed by atoms with Crippen LogP contribution in [0.5, 0.6) is 0 Å². The maximum Gasteiger partial charge on any atom is 0.255 e. The third-order valence-corrected chi connectivity index (χ3v) is 2.99. The van der Waals surface area contributed by atoms with Crippen molar-refractivity contribution in [2.24, 2.45) is 0 Å². The highest BCUT2D eigenvalue weighted by atomic mass is 35.5. The van der Waals surface area contributed by atoms with Crippen molar-refractivity contribution < 1.29 is 9.90 Å². The molecule has 4 nitrogen and oxygen atoms in total. The minimum atomic E-state index is -0.420. The summed E-state index contributed by atoms with van der Waals surface area (Å²) in [6.45, 7) is 0.945. The zero-order valence-electron chi connectivity index (χ0n) is 8.69. The molecule has 0 bridgehead atoms. The quantitative estimate of drug-likeness (QED) is 0.724. The van der Waals surface area contributed by atoms with Gasteiger partial charge in [-0.2, -0.15) is 0 Å². The molecule has 1 heterocycles. The molecule has 1 atom stereocenters. The highest BCUT2D eigenvalue weighted by Gasteiger charge is 2.26. The molecule has 1 fully saturated rings. The number of halogens is 1. The van der Waals surface area contributed by atoms with Crippen molar-refractivity contribution in [2.45, 2.75) is 12.5 Å². The highest BCUT2D eigenvalue weighted by Crippen LogP contribution is 2.22. The average molecular weight is 241 g/mol. The summed E-state index contributed by atoms with van der Waals surface area (Å²) in [4.78, 5) is 13.6. The number of nitrogen functional groups attached to an aromatic ring is 1. The van der Waals surface area contributed by atoms with Gasteiger partial charge < -0.3 is 15.7 Å². The molecule has 0 aliphatic carbocycles. The summed E-state index contributed by atoms with van der Waals surface area (Å²) >= 11 is 5.95. The summed E-state index contributed by atoms with van der Waals surface area (Å²) in [7, 11) is 0. The maximum absolute atomic E-state index is 12.0. The van der Waals surface area contributed by atoms with E-state index in [4.69, 9.17) is 17.3 Å². The zero-order chi connectivity index (χ0) is 11.7. The van der Waals surface area contributed by atoms with Crippen LogP contribution in [0, 0.1) is 0 Å². The highest BCUT2D eigenvalue weighted by molar-refractivity contribution is 6.34. The van der Waals surface area contributed by atoms with Gasteiger partial charge in [0.1, 0.15) is 0 Å². The molecule has 1 amide bonds. The molecule has 1 aliphatic heterocycles. The zero-order valence-corrected chi connectivity index (χ0v) is 9.44. The van der Waals surface area contributed by atoms with E-state index >= 15 is 0 Å². The lowest BCUT2D eigenvalue weighted by molar-refractivity contribution is 0.0765. The van der Waals surface area contributed by atoms with Crippen LogP contribution in [0.1, 0.15) is 16.8 Å². The van der Waals surface area contributed by atoms with Crippen LogP contribution in [0.15, 0.2) is 18.2 Å². The number of aliphatic hydroxyl groups excluding tert-OH is 1. The monoisotopic (exact) mass is 240 g/mol. The molecule has 0 saturated carbocycles. The lowest BCUT2D eigenvalue weighted by Gasteiger charge is -2.16. The third-order valence-electron chi connectivity index (χ3n) is 2.67. The molecule has 1 unspecified atom stereocenters. The molecule has 2 rings (SSSR count). The maximum atomic E-state index is 12.0. The first kappa shape index (κ1) is 11.2. The molecule has 0 radical (unpaired) electrons. The van der Waals surface area contributed by atoms with Crippen LogP contribution in [0.3, 0.4) is 0 Å². The van der Waals surface area contributed by atoms with E-state index in [1.54, 1.807) is 23.1 Å². The number of aliphatic hydroxyl groups is 1. The van der Waals surface area contributed by atoms with Crippen LogP contribution >= 0.6 is 11.6 Å². The van der Waals surface area contributed by atoms with Gasteiger partial charge in [0, 0.05) is 18.8 Å². The first-order chi connectivity index (χ1) is 7.58. The Labute approximate surface area is 98.6 Å². The van der Waals surface area contributed by atoms with Crippen molar-refractivity contribution in [3.8, 4) is 0 Å². The number of rotatable bonds is 1. The fraction of sp³-hybridized carbons (Fsp3) is 0.364. The van der Waals surface area contributed by atoms with Gasteiger partial charge in [-0.05, 0) is 24.6 Å². The third kappa shape index (κ3) is 2.13. The molecule has 0 aromatic heterocycles. The Morgan fingerprint density at radius 3 is 2.88 bits per heavy atom. The second-order valence-electron chi connectivity index (χ2n) is 3.93. The summed E-state index contributed by atoms with van der Waals surface area (Å²) in [6.07, 6.45) is 0.203. The van der Waals surface area contributed by atoms with Crippen molar-refractivity contribution >= 4 is 23.2 Å². The standard InChI is InChI=1S/C11H13ClN2O2/c12-10-5-7(13)1-2-9(10)11(16)14-4-3-8(15)6-14/h1-2,5,8,15H,3-4,6,13H2. The van der Waals surface area contributed by atoms with Gasteiger partial charge in [-0.15, -0.1) is 0 Å². The normalized spacial score (nSPS) is 20.1. The van der Waals surface area contributed by atoms with E-state index in [-0.39, 0.29) is 5.91 Å². The number of hydrogen-bond acceptors (Lipinski definition) is 3. The Hall–Kier alpha value is -1.26. The summed E-state index contributed by atoms with van der Waals surface area (Å²) in [5.41, 5.74) is 6.52. The van der Waals surface area contributed by atoms with E-state index in [1.165, 1.54) is 0 Å². The number of β-amino-alcohol motifs (C(OH)–C–C–N with tert-alkyl or cyclic N) is 1. The van der Waals surface area contributed by atoms with E-state index in [1.807, 2.05) is 0 Å². The summed E-state index contributed by atoms with van der Waals surface area (Å²) in [5.74, 6) is -0.151. The van der Waals surface area contributed by atoms with Crippen LogP contribution in [0.4, 0.5) is 5.69 Å². The van der Waals surface area contributed by atoms with E-state index < -0.39 is 6.10 Å². The molecule has 1 saturated heterocycles. The van der Waals surface area contributed by atoms with Gasteiger partial charge in [0.05, 0.1) is 16.7 Å². The molecule has 5 heteroatoms. The number of anilines is 1. The van der Waals surface area contributed by atoms with Crippen molar-refractivity contribution in [1.29, 1.82) is 0 Å². The summed E-state index contributed by atoms with van der Waals surface area (Å²) in [6, 6.07) is 4.82. The number of carbonyl (C=O) groups excluding carboxylic acids is 1. The molecule has 1 aliphatic rings. The number of likely N-dealkylation sites (tertiary alicyclic amines) is 1. The molecular weight excluding hydrogens is 228 g/mol. The lowest BCUT2D eigenvalue weighted by Crippen LogP contribution is -2.29. The molecule has 86 valence electrons. The number of hydrogen-bond donors (Lipinski definition) is 2. The Morgan fingerprint density at radius 1 is 1.56 bits per heavy atom. The van der Waals surface area contributed by atoms with Crippen molar-refractivity contribution in [3.05, 3.63) is 28.8 Å². The molecule has 16 heavy (non-hydrogen) atoms. The summed E-state index contributed by atoms with van der Waals surface area (Å²) in [5, 5.41) is 9.72. The van der Waals surface area contributed by atoms with Crippen molar-refractivity contribution in [1.82, 2.24) is 4.90 Å². The van der Waals surface area contributed by atoms with Crippen molar-refractivity contribution in [3.63, 3.8) is 0 Å². The van der Waals surface area contributed by atoms with E-state index in [0.717, 1.165) is 0 Å². The Kier molecular flexibility index (Phi) is 3.03. The number of amides is 1. The topological polar surface area (TPSA) is 66.6 Å². The number of nitrogens with zero attached hydrogens (tertiary/aromatic N) is 1. The van der Waals surface area contributed by atoms with Gasteiger partial charge in [0.25, 0.3) is 5.91 Å². The number of carbonyl (C=O) groups is 1. The predicted octanol–water partition coefficient (Wildman–Crippen LogP) is 1.13. The van der Waals surface area contributed by atoms with Gasteiger partial charge in [-0.3, -0.25) is 4.79 Å². The van der Waals surface area contributed by atoms with E-state index in [9.17, 15) is 9.90 Å². The van der Waals surface area contributed by atoms with Gasteiger partial charge in [0.2, 0.25) is 0 Å². The van der Waals surface area contributed by atoms with E-state index in [0.29, 0.717) is 35.8 Å². The van der Waals surface area contributed by atoms with Gasteiger partial charge in [0.15, 0.2) is 0 Å². The predicted molar refractivity (Wildman–Crippen MR) is 62.4 cm³/mol. The molecule has 3 N–H and O–H groups in total. The number of benzene rings is 1. The minimum absolute atomic E-state index is 0.151. The largest absolute Gasteiger partial charge is 0.399 e. The molecular formula is C11H13ClN2O2. The first-order valence-corrected chi connectivity index (χ1v) is 5.48. The van der Waals surface area contributed by atoms with Gasteiger partial charge in [-0.1, -0.05) is 11.6 Å². The number of nitrogens with two attached hydrogens (primary N) is 1. The van der Waals surface area contributed by atoms with Crippen LogP contribution < -0.4 is 5.73 Å². The average Bonchev–Trinajstić information content (AvgIpc) is 2.64. The Balaban J connectivity index is 2.21. The van der Waals surface area contributed by atoms with Gasteiger partial charge in [-0.25, -0.2) is 0 Å². The Morgan fingerprint density at radius 2 is 2.31 bits per heavy atom. The van der Waals surface area contributed by atoms with Crippen LogP contribution in [0.25, 0.3) is 0 Å². The Bertz CT molecular complexity index is 422. The van der Waals surface area contributed by atoms with Crippen LogP contribution in [0.2, 0.25) is 5.02 Å². The fourth-order valence-corrected chi connectivity index (χ4v) is 2.07. The van der Waals surface area contributed by atoms with Crippen LogP contribution in [-0.2, 0) is 0 Å². The smallest absolute Gasteiger partial charge is 0.255 e. The van der Waals surface area contributed by atoms with Crippen LogP contribution in [-0.4, -0.2) is 35.1 Å². The first-order valence-electron chi connectivity index (χ1n) is 5.10. The van der Waals surface area contributed by atoms with E-state index in [2.05, 4.69) is 0 Å².